The van der Waals surface area contributed by atoms with Gasteiger partial charge >= 0.3 is 0 Å². The second-order valence-corrected chi connectivity index (χ2v) is 2.83. The zero-order chi connectivity index (χ0) is 5.98. The predicted octanol–water partition coefficient (Wildman–Crippen LogP) is 0.123. The normalized spacial score (nSPS) is 23.1. The van der Waals surface area contributed by atoms with Crippen molar-refractivity contribution in [2.45, 2.75) is 12.8 Å². The second-order valence-electron chi connectivity index (χ2n) is 2.04. The van der Waals surface area contributed by atoms with E-state index in [0.717, 1.165) is 0 Å². The highest BCUT2D eigenvalue weighted by Gasteiger charge is 2.20. The Morgan fingerprint density at radius 3 is 2.75 bits per heavy atom. The summed E-state index contributed by atoms with van der Waals surface area (Å²) in [5.74, 6) is 0.672. The van der Waals surface area contributed by atoms with Gasteiger partial charge in [0, 0.05) is 6.54 Å². The Morgan fingerprint density at radius 2 is 2.38 bits per heavy atom. The van der Waals surface area contributed by atoms with Gasteiger partial charge in [-0.2, -0.15) is 0 Å². The average molecular weight is 135 g/mol. The molecule has 0 bridgehead atoms. The molecule has 1 unspecified atom stereocenters. The fraction of sp³-hybridized carbons (Fsp3) is 1.00. The molecule has 1 saturated carbocycles. The minimum Gasteiger partial charge on any atom is -0.294 e. The molecular formula is C4H9NO2S. The molecule has 0 aliphatic heterocycles. The van der Waals surface area contributed by atoms with Crippen LogP contribution in [0.5, 0.6) is 0 Å². The van der Waals surface area contributed by atoms with E-state index >= 15 is 0 Å². The average Bonchev–Trinajstić information content (AvgIpc) is 2.41. The van der Waals surface area contributed by atoms with Gasteiger partial charge in [-0.25, -0.2) is 8.93 Å². The van der Waals surface area contributed by atoms with Crippen LogP contribution in [0.25, 0.3) is 0 Å². The molecular weight excluding hydrogens is 126 g/mol. The summed E-state index contributed by atoms with van der Waals surface area (Å²) in [5, 5.41) is 0. The van der Waals surface area contributed by atoms with Crippen molar-refractivity contribution in [3.63, 3.8) is 0 Å². The summed E-state index contributed by atoms with van der Waals surface area (Å²) in [5.41, 5.74) is 0. The van der Waals surface area contributed by atoms with E-state index in [-0.39, 0.29) is 0 Å². The van der Waals surface area contributed by atoms with Gasteiger partial charge in [-0.05, 0) is 18.8 Å². The van der Waals surface area contributed by atoms with E-state index in [1.54, 1.807) is 0 Å². The molecule has 48 valence electrons. The van der Waals surface area contributed by atoms with Gasteiger partial charge in [0.05, 0.1) is 0 Å². The third-order valence-electron chi connectivity index (χ3n) is 1.19. The van der Waals surface area contributed by atoms with E-state index in [9.17, 15) is 4.21 Å². The summed E-state index contributed by atoms with van der Waals surface area (Å²) in [6.45, 7) is 0.698. The van der Waals surface area contributed by atoms with E-state index in [0.29, 0.717) is 12.5 Å². The predicted molar refractivity (Wildman–Crippen MR) is 31.5 cm³/mol. The first-order chi connectivity index (χ1) is 3.79. The van der Waals surface area contributed by atoms with E-state index in [1.807, 2.05) is 0 Å². The van der Waals surface area contributed by atoms with Gasteiger partial charge in [0.15, 0.2) is 0 Å². The Morgan fingerprint density at radius 1 is 1.75 bits per heavy atom. The van der Waals surface area contributed by atoms with Crippen molar-refractivity contribution in [1.29, 1.82) is 0 Å². The van der Waals surface area contributed by atoms with Crippen LogP contribution in [0.3, 0.4) is 0 Å². The maximum Gasteiger partial charge on any atom is 0.231 e. The quantitative estimate of drug-likeness (QED) is 0.540. The molecule has 0 amide bonds. The van der Waals surface area contributed by atoms with Gasteiger partial charge in [-0.3, -0.25) is 4.55 Å². The number of nitrogens with one attached hydrogen (secondary N) is 1. The molecule has 1 fully saturated rings. The van der Waals surface area contributed by atoms with Crippen molar-refractivity contribution < 1.29 is 8.76 Å². The number of rotatable bonds is 3. The van der Waals surface area contributed by atoms with Gasteiger partial charge in [0.25, 0.3) is 0 Å². The lowest BCUT2D eigenvalue weighted by Crippen LogP contribution is -2.18. The minimum atomic E-state index is -1.80. The Hall–Kier alpha value is 0.0700. The first-order valence-electron chi connectivity index (χ1n) is 2.63. The SMILES string of the molecule is O=S(O)NCC1CC1. The Kier molecular flexibility index (Phi) is 1.99. The third-order valence-corrected chi connectivity index (χ3v) is 1.61. The third kappa shape index (κ3) is 2.40. The van der Waals surface area contributed by atoms with Crippen LogP contribution < -0.4 is 4.72 Å². The van der Waals surface area contributed by atoms with E-state index in [4.69, 9.17) is 4.55 Å². The highest BCUT2D eigenvalue weighted by atomic mass is 32.2. The lowest BCUT2D eigenvalue weighted by molar-refractivity contribution is 0.545. The molecule has 2 N–H and O–H groups in total. The fourth-order valence-corrected chi connectivity index (χ4v) is 0.889. The maximum atomic E-state index is 9.93. The Labute approximate surface area is 50.9 Å². The lowest BCUT2D eigenvalue weighted by atomic mass is 10.4. The van der Waals surface area contributed by atoms with Gasteiger partial charge in [-0.15, -0.1) is 0 Å². The molecule has 0 aromatic heterocycles. The summed E-state index contributed by atoms with van der Waals surface area (Å²) in [7, 11) is 0. The van der Waals surface area contributed by atoms with Crippen molar-refractivity contribution in [2.75, 3.05) is 6.54 Å². The minimum absolute atomic E-state index is 0.672. The standard InChI is InChI=1S/C4H9NO2S/c6-8(7)5-3-4-1-2-4/h4-5H,1-3H2,(H,6,7). The lowest BCUT2D eigenvalue weighted by Gasteiger charge is -1.92. The van der Waals surface area contributed by atoms with E-state index < -0.39 is 11.3 Å². The molecule has 1 aliphatic rings. The topological polar surface area (TPSA) is 49.3 Å². The van der Waals surface area contributed by atoms with Crippen molar-refractivity contribution >= 4 is 11.3 Å². The maximum absolute atomic E-state index is 9.93. The molecule has 0 heterocycles. The molecule has 4 heteroatoms. The molecule has 0 spiro atoms. The molecule has 1 atom stereocenters. The van der Waals surface area contributed by atoms with Gasteiger partial charge in [0.1, 0.15) is 0 Å². The van der Waals surface area contributed by atoms with Crippen LogP contribution in [-0.2, 0) is 11.3 Å². The van der Waals surface area contributed by atoms with Crippen LogP contribution in [0.1, 0.15) is 12.8 Å². The van der Waals surface area contributed by atoms with Gasteiger partial charge < -0.3 is 0 Å². The van der Waals surface area contributed by atoms with E-state index in [2.05, 4.69) is 4.72 Å². The molecule has 1 aliphatic carbocycles. The van der Waals surface area contributed by atoms with Crippen LogP contribution in [0.4, 0.5) is 0 Å². The summed E-state index contributed by atoms with van der Waals surface area (Å²) in [6.07, 6.45) is 2.42. The second kappa shape index (κ2) is 2.57. The summed E-state index contributed by atoms with van der Waals surface area (Å²) < 4.78 is 20.6. The summed E-state index contributed by atoms with van der Waals surface area (Å²) >= 11 is -1.80. The fourth-order valence-electron chi connectivity index (χ4n) is 0.511. The zero-order valence-corrected chi connectivity index (χ0v) is 5.28. The van der Waals surface area contributed by atoms with Crippen LogP contribution in [0.2, 0.25) is 0 Å². The van der Waals surface area contributed by atoms with Crippen molar-refractivity contribution in [2.24, 2.45) is 5.92 Å². The molecule has 0 aromatic rings. The monoisotopic (exact) mass is 135 g/mol. The first kappa shape index (κ1) is 6.19. The van der Waals surface area contributed by atoms with Crippen LogP contribution in [0.15, 0.2) is 0 Å². The number of hydrogen-bond acceptors (Lipinski definition) is 1. The number of hydrogen-bond donors (Lipinski definition) is 2. The smallest absolute Gasteiger partial charge is 0.231 e. The molecule has 0 radical (unpaired) electrons. The van der Waals surface area contributed by atoms with Crippen LogP contribution in [-0.4, -0.2) is 15.3 Å². The molecule has 8 heavy (non-hydrogen) atoms. The summed E-state index contributed by atoms with van der Waals surface area (Å²) in [6, 6.07) is 0. The zero-order valence-electron chi connectivity index (χ0n) is 4.46. The van der Waals surface area contributed by atoms with E-state index in [1.165, 1.54) is 12.8 Å². The summed E-state index contributed by atoms with van der Waals surface area (Å²) in [4.78, 5) is 0. The van der Waals surface area contributed by atoms with Crippen molar-refractivity contribution in [3.05, 3.63) is 0 Å². The highest BCUT2D eigenvalue weighted by Crippen LogP contribution is 2.27. The molecule has 0 aromatic carbocycles. The highest BCUT2D eigenvalue weighted by molar-refractivity contribution is 7.77. The van der Waals surface area contributed by atoms with Crippen molar-refractivity contribution in [3.8, 4) is 0 Å². The van der Waals surface area contributed by atoms with Gasteiger partial charge in [-0.1, -0.05) is 0 Å². The Balaban J connectivity index is 1.95. The molecule has 3 nitrogen and oxygen atoms in total. The van der Waals surface area contributed by atoms with Crippen LogP contribution in [0, 0.1) is 5.92 Å². The molecule has 1 rings (SSSR count). The van der Waals surface area contributed by atoms with Gasteiger partial charge in [0.2, 0.25) is 11.3 Å². The molecule has 0 saturated heterocycles. The van der Waals surface area contributed by atoms with Crippen molar-refractivity contribution in [1.82, 2.24) is 4.72 Å². The van der Waals surface area contributed by atoms with Crippen LogP contribution >= 0.6 is 0 Å². The Bertz CT molecular complexity index is 102. The first-order valence-corrected chi connectivity index (χ1v) is 3.74. The largest absolute Gasteiger partial charge is 0.294 e.